The number of nitrogens with one attached hydrogen (secondary N) is 1. The van der Waals surface area contributed by atoms with E-state index in [1.807, 2.05) is 0 Å². The molecule has 3 nitrogen and oxygen atoms in total. The van der Waals surface area contributed by atoms with Gasteiger partial charge in [0.15, 0.2) is 0 Å². The fourth-order valence-corrected chi connectivity index (χ4v) is 3.63. The predicted octanol–water partition coefficient (Wildman–Crippen LogP) is 3.34. The number of hydrogen-bond donors (Lipinski definition) is 1. The van der Waals surface area contributed by atoms with Crippen LogP contribution < -0.4 is 5.32 Å². The largest absolute Gasteiger partial charge is 0.341 e. The summed E-state index contributed by atoms with van der Waals surface area (Å²) >= 11 is 0. The molecule has 1 heterocycles. The molecule has 0 spiro atoms. The molecule has 2 rings (SSSR count). The van der Waals surface area contributed by atoms with Gasteiger partial charge in [0.2, 0.25) is 5.91 Å². The minimum Gasteiger partial charge on any atom is -0.341 e. The van der Waals surface area contributed by atoms with Crippen molar-refractivity contribution in [1.82, 2.24) is 10.2 Å². The van der Waals surface area contributed by atoms with Gasteiger partial charge in [0, 0.05) is 25.6 Å². The van der Waals surface area contributed by atoms with E-state index in [1.165, 1.54) is 44.9 Å². The number of unbranched alkanes of at least 4 members (excludes halogenated alkanes) is 1. The average Bonchev–Trinajstić information content (AvgIpc) is 3.13. The van der Waals surface area contributed by atoms with Crippen molar-refractivity contribution in [2.45, 2.75) is 77.2 Å². The third-order valence-electron chi connectivity index (χ3n) is 4.98. The van der Waals surface area contributed by atoms with E-state index in [-0.39, 0.29) is 0 Å². The van der Waals surface area contributed by atoms with E-state index in [0.29, 0.717) is 11.9 Å². The average molecular weight is 280 g/mol. The highest BCUT2D eigenvalue weighted by Gasteiger charge is 2.22. The van der Waals surface area contributed by atoms with Crippen LogP contribution >= 0.6 is 0 Å². The quantitative estimate of drug-likeness (QED) is 0.739. The second-order valence-electron chi connectivity index (χ2n) is 6.68. The number of hydrogen-bond acceptors (Lipinski definition) is 2. The smallest absolute Gasteiger partial charge is 0.222 e. The maximum Gasteiger partial charge on any atom is 0.222 e. The van der Waals surface area contributed by atoms with Crippen LogP contribution in [0.2, 0.25) is 0 Å². The van der Waals surface area contributed by atoms with Gasteiger partial charge in [-0.15, -0.1) is 0 Å². The van der Waals surface area contributed by atoms with Gasteiger partial charge in [-0.05, 0) is 38.1 Å². The first-order valence-corrected chi connectivity index (χ1v) is 8.80. The van der Waals surface area contributed by atoms with Crippen LogP contribution in [0, 0.1) is 5.92 Å². The maximum absolute atomic E-state index is 12.5. The standard InChI is InChI=1S/C17H32N2O/c1-2-3-13-19(14-16-9-6-12-18-16)17(20)11-10-15-7-4-5-8-15/h15-16,18H,2-14H2,1H3. The SMILES string of the molecule is CCCCN(CC1CCCN1)C(=O)CCC1CCCC1. The van der Waals surface area contributed by atoms with Gasteiger partial charge in [0.05, 0.1) is 0 Å². The number of amides is 1. The fraction of sp³-hybridized carbons (Fsp3) is 0.941. The number of carbonyl (C=O) groups excluding carboxylic acids is 1. The Kier molecular flexibility index (Phi) is 6.85. The molecule has 0 aromatic heterocycles. The second-order valence-corrected chi connectivity index (χ2v) is 6.68. The molecule has 116 valence electrons. The van der Waals surface area contributed by atoms with Gasteiger partial charge in [0.25, 0.3) is 0 Å². The van der Waals surface area contributed by atoms with E-state index in [0.717, 1.165) is 44.8 Å². The highest BCUT2D eigenvalue weighted by atomic mass is 16.2. The van der Waals surface area contributed by atoms with Crippen LogP contribution in [0.1, 0.15) is 71.1 Å². The van der Waals surface area contributed by atoms with Gasteiger partial charge in [-0.1, -0.05) is 39.0 Å². The van der Waals surface area contributed by atoms with Gasteiger partial charge in [0.1, 0.15) is 0 Å². The van der Waals surface area contributed by atoms with Gasteiger partial charge < -0.3 is 10.2 Å². The molecular formula is C17H32N2O. The molecule has 1 aliphatic heterocycles. The van der Waals surface area contributed by atoms with Crippen LogP contribution in [0.15, 0.2) is 0 Å². The van der Waals surface area contributed by atoms with E-state index in [4.69, 9.17) is 0 Å². The summed E-state index contributed by atoms with van der Waals surface area (Å²) < 4.78 is 0. The minimum absolute atomic E-state index is 0.402. The van der Waals surface area contributed by atoms with Crippen molar-refractivity contribution < 1.29 is 4.79 Å². The monoisotopic (exact) mass is 280 g/mol. The lowest BCUT2D eigenvalue weighted by atomic mass is 10.0. The van der Waals surface area contributed by atoms with E-state index in [1.54, 1.807) is 0 Å². The Morgan fingerprint density at radius 2 is 2.00 bits per heavy atom. The molecule has 1 amide bonds. The summed E-state index contributed by atoms with van der Waals surface area (Å²) in [4.78, 5) is 14.6. The Morgan fingerprint density at radius 3 is 2.65 bits per heavy atom. The van der Waals surface area contributed by atoms with Crippen LogP contribution in [0.25, 0.3) is 0 Å². The molecule has 1 saturated carbocycles. The molecule has 2 aliphatic rings. The first-order chi connectivity index (χ1) is 9.79. The lowest BCUT2D eigenvalue weighted by Crippen LogP contribution is -2.41. The summed E-state index contributed by atoms with van der Waals surface area (Å²) in [6, 6.07) is 0.544. The zero-order valence-corrected chi connectivity index (χ0v) is 13.2. The molecule has 2 fully saturated rings. The molecule has 0 bridgehead atoms. The lowest BCUT2D eigenvalue weighted by Gasteiger charge is -2.26. The Hall–Kier alpha value is -0.570. The summed E-state index contributed by atoms with van der Waals surface area (Å²) in [5, 5.41) is 3.52. The van der Waals surface area contributed by atoms with Crippen LogP contribution in [0.4, 0.5) is 0 Å². The van der Waals surface area contributed by atoms with Crippen LogP contribution in [-0.4, -0.2) is 36.5 Å². The molecule has 1 aliphatic carbocycles. The first kappa shape index (κ1) is 15.8. The van der Waals surface area contributed by atoms with E-state index in [9.17, 15) is 4.79 Å². The highest BCUT2D eigenvalue weighted by Crippen LogP contribution is 2.28. The fourth-order valence-electron chi connectivity index (χ4n) is 3.63. The number of rotatable bonds is 8. The van der Waals surface area contributed by atoms with Gasteiger partial charge in [-0.25, -0.2) is 0 Å². The topological polar surface area (TPSA) is 32.3 Å². The summed E-state index contributed by atoms with van der Waals surface area (Å²) in [5.74, 6) is 1.23. The zero-order chi connectivity index (χ0) is 14.2. The molecule has 1 saturated heterocycles. The highest BCUT2D eigenvalue weighted by molar-refractivity contribution is 5.76. The summed E-state index contributed by atoms with van der Waals surface area (Å²) in [5.41, 5.74) is 0. The Morgan fingerprint density at radius 1 is 1.20 bits per heavy atom. The molecule has 1 unspecified atom stereocenters. The van der Waals surface area contributed by atoms with E-state index in [2.05, 4.69) is 17.1 Å². The zero-order valence-electron chi connectivity index (χ0n) is 13.2. The second kappa shape index (κ2) is 8.66. The van der Waals surface area contributed by atoms with Crippen molar-refractivity contribution in [2.24, 2.45) is 5.92 Å². The van der Waals surface area contributed by atoms with Crippen LogP contribution in [0.3, 0.4) is 0 Å². The molecule has 0 aromatic rings. The summed E-state index contributed by atoms with van der Waals surface area (Å²) in [7, 11) is 0. The lowest BCUT2D eigenvalue weighted by molar-refractivity contribution is -0.132. The van der Waals surface area contributed by atoms with Crippen LogP contribution in [0.5, 0.6) is 0 Å². The Balaban J connectivity index is 1.75. The minimum atomic E-state index is 0.402. The number of carbonyl (C=O) groups is 1. The van der Waals surface area contributed by atoms with Crippen molar-refractivity contribution in [2.75, 3.05) is 19.6 Å². The molecular weight excluding hydrogens is 248 g/mol. The van der Waals surface area contributed by atoms with Crippen molar-refractivity contribution in [1.29, 1.82) is 0 Å². The maximum atomic E-state index is 12.5. The van der Waals surface area contributed by atoms with Crippen molar-refractivity contribution in [3.05, 3.63) is 0 Å². The third-order valence-corrected chi connectivity index (χ3v) is 4.98. The molecule has 1 N–H and O–H groups in total. The normalized spacial score (nSPS) is 23.4. The van der Waals surface area contributed by atoms with Gasteiger partial charge in [-0.3, -0.25) is 4.79 Å². The summed E-state index contributed by atoms with van der Waals surface area (Å²) in [6.45, 7) is 5.22. The predicted molar refractivity (Wildman–Crippen MR) is 83.7 cm³/mol. The molecule has 3 heteroatoms. The molecule has 1 atom stereocenters. The first-order valence-electron chi connectivity index (χ1n) is 8.80. The molecule has 0 radical (unpaired) electrons. The van der Waals surface area contributed by atoms with E-state index >= 15 is 0 Å². The van der Waals surface area contributed by atoms with Gasteiger partial charge in [-0.2, -0.15) is 0 Å². The molecule has 20 heavy (non-hydrogen) atoms. The number of nitrogens with zero attached hydrogens (tertiary/aromatic N) is 1. The summed E-state index contributed by atoms with van der Waals surface area (Å²) in [6.07, 6.45) is 12.2. The van der Waals surface area contributed by atoms with Crippen LogP contribution in [-0.2, 0) is 4.79 Å². The van der Waals surface area contributed by atoms with E-state index < -0.39 is 0 Å². The Bertz CT molecular complexity index is 281. The third kappa shape index (κ3) is 5.08. The van der Waals surface area contributed by atoms with Crippen molar-refractivity contribution in [3.8, 4) is 0 Å². The van der Waals surface area contributed by atoms with Crippen molar-refractivity contribution >= 4 is 5.91 Å². The molecule has 0 aromatic carbocycles. The van der Waals surface area contributed by atoms with Crippen molar-refractivity contribution in [3.63, 3.8) is 0 Å². The Labute approximate surface area is 124 Å². The van der Waals surface area contributed by atoms with Gasteiger partial charge >= 0.3 is 0 Å².